The van der Waals surface area contributed by atoms with E-state index in [-0.39, 0.29) is 5.69 Å². The summed E-state index contributed by atoms with van der Waals surface area (Å²) in [6, 6.07) is 5.05. The van der Waals surface area contributed by atoms with E-state index < -0.39 is 4.92 Å². The van der Waals surface area contributed by atoms with E-state index in [9.17, 15) is 10.1 Å². The highest BCUT2D eigenvalue weighted by Crippen LogP contribution is 2.27. The fraction of sp³-hybridized carbons (Fsp3) is 0.400. The number of hydrogen-bond acceptors (Lipinski definition) is 3. The minimum absolute atomic E-state index is 0.0940. The van der Waals surface area contributed by atoms with Gasteiger partial charge in [0, 0.05) is 18.3 Å². The Morgan fingerprint density at radius 2 is 2.27 bits per heavy atom. The molecule has 0 unspecified atom stereocenters. The summed E-state index contributed by atoms with van der Waals surface area (Å²) < 4.78 is 0.508. The molecule has 0 bridgehead atoms. The first kappa shape index (κ1) is 12.0. The number of unbranched alkanes of at least 4 members (excludes halogenated alkanes) is 1. The van der Waals surface area contributed by atoms with Gasteiger partial charge in [0.05, 0.1) is 9.40 Å². The molecule has 0 aliphatic heterocycles. The smallest absolute Gasteiger partial charge is 0.285 e. The summed E-state index contributed by atoms with van der Waals surface area (Å²) >= 11 is 3.14. The molecule has 82 valence electrons. The zero-order valence-electron chi connectivity index (χ0n) is 8.50. The van der Waals surface area contributed by atoms with Crippen LogP contribution in [0, 0.1) is 10.1 Å². The van der Waals surface area contributed by atoms with E-state index in [0.717, 1.165) is 25.1 Å². The molecule has 0 aromatic heterocycles. The number of benzene rings is 1. The number of nitrogens with zero attached hydrogens (tertiary/aromatic N) is 1. The molecule has 15 heavy (non-hydrogen) atoms. The van der Waals surface area contributed by atoms with Crippen LogP contribution in [0.4, 0.5) is 11.4 Å². The van der Waals surface area contributed by atoms with E-state index in [1.807, 2.05) is 6.07 Å². The quantitative estimate of drug-likeness (QED) is 0.507. The van der Waals surface area contributed by atoms with Gasteiger partial charge in [-0.15, -0.1) is 0 Å². The van der Waals surface area contributed by atoms with Gasteiger partial charge >= 0.3 is 0 Å². The predicted molar refractivity (Wildman–Crippen MR) is 64.2 cm³/mol. The molecular weight excluding hydrogens is 260 g/mol. The SMILES string of the molecule is CCCCNc1ccc(Br)c([N+](=O)[O-])c1. The maximum atomic E-state index is 10.7. The zero-order chi connectivity index (χ0) is 11.3. The van der Waals surface area contributed by atoms with Gasteiger partial charge < -0.3 is 5.32 Å². The second-order valence-electron chi connectivity index (χ2n) is 3.20. The second-order valence-corrected chi connectivity index (χ2v) is 4.06. The summed E-state index contributed by atoms with van der Waals surface area (Å²) in [5.74, 6) is 0. The number of nitro groups is 1. The molecule has 1 aromatic rings. The summed E-state index contributed by atoms with van der Waals surface area (Å²) in [5.41, 5.74) is 0.884. The lowest BCUT2D eigenvalue weighted by Crippen LogP contribution is -2.01. The average molecular weight is 273 g/mol. The Balaban J connectivity index is 2.74. The fourth-order valence-electron chi connectivity index (χ4n) is 1.17. The van der Waals surface area contributed by atoms with Crippen molar-refractivity contribution in [2.75, 3.05) is 11.9 Å². The largest absolute Gasteiger partial charge is 0.385 e. The highest BCUT2D eigenvalue weighted by atomic mass is 79.9. The van der Waals surface area contributed by atoms with Crippen molar-refractivity contribution in [3.63, 3.8) is 0 Å². The highest BCUT2D eigenvalue weighted by molar-refractivity contribution is 9.10. The van der Waals surface area contributed by atoms with Gasteiger partial charge in [-0.2, -0.15) is 0 Å². The molecular formula is C10H13BrN2O2. The lowest BCUT2D eigenvalue weighted by Gasteiger charge is -2.05. The molecule has 0 heterocycles. The maximum absolute atomic E-state index is 10.7. The Bertz CT molecular complexity index is 355. The van der Waals surface area contributed by atoms with E-state index in [1.54, 1.807) is 12.1 Å². The van der Waals surface area contributed by atoms with E-state index in [4.69, 9.17) is 0 Å². The Morgan fingerprint density at radius 1 is 1.53 bits per heavy atom. The minimum atomic E-state index is -0.394. The van der Waals surface area contributed by atoms with Crippen LogP contribution in [-0.2, 0) is 0 Å². The first-order valence-electron chi connectivity index (χ1n) is 4.83. The standard InChI is InChI=1S/C10H13BrN2O2/c1-2-3-6-12-8-4-5-9(11)10(7-8)13(14)15/h4-5,7,12H,2-3,6H2,1H3. The third-order valence-corrected chi connectivity index (χ3v) is 2.67. The van der Waals surface area contributed by atoms with Crippen LogP contribution in [0.25, 0.3) is 0 Å². The van der Waals surface area contributed by atoms with Gasteiger partial charge in [0.1, 0.15) is 0 Å². The molecule has 0 saturated heterocycles. The number of halogens is 1. The van der Waals surface area contributed by atoms with Gasteiger partial charge in [-0.1, -0.05) is 13.3 Å². The van der Waals surface area contributed by atoms with Gasteiger partial charge in [-0.3, -0.25) is 10.1 Å². The van der Waals surface area contributed by atoms with E-state index in [2.05, 4.69) is 28.2 Å². The van der Waals surface area contributed by atoms with Gasteiger partial charge in [0.25, 0.3) is 5.69 Å². The van der Waals surface area contributed by atoms with Crippen molar-refractivity contribution in [2.45, 2.75) is 19.8 Å². The lowest BCUT2D eigenvalue weighted by molar-refractivity contribution is -0.385. The van der Waals surface area contributed by atoms with Crippen LogP contribution in [0.1, 0.15) is 19.8 Å². The number of nitrogens with one attached hydrogen (secondary N) is 1. The predicted octanol–water partition coefficient (Wildman–Crippen LogP) is 3.57. The molecule has 0 aliphatic rings. The van der Waals surface area contributed by atoms with Crippen molar-refractivity contribution in [1.82, 2.24) is 0 Å². The summed E-state index contributed by atoms with van der Waals surface area (Å²) in [6.07, 6.45) is 2.16. The third-order valence-electron chi connectivity index (χ3n) is 2.00. The average Bonchev–Trinajstić information content (AvgIpc) is 2.20. The molecule has 0 aliphatic carbocycles. The Labute approximate surface area is 97.0 Å². The van der Waals surface area contributed by atoms with E-state index in [1.165, 1.54) is 0 Å². The number of rotatable bonds is 5. The summed E-state index contributed by atoms with van der Waals surface area (Å²) in [7, 11) is 0. The van der Waals surface area contributed by atoms with Crippen LogP contribution in [-0.4, -0.2) is 11.5 Å². The first-order chi connectivity index (χ1) is 7.15. The van der Waals surface area contributed by atoms with Crippen LogP contribution in [0.15, 0.2) is 22.7 Å². The minimum Gasteiger partial charge on any atom is -0.385 e. The molecule has 1 rings (SSSR count). The first-order valence-corrected chi connectivity index (χ1v) is 5.62. The number of nitro benzene ring substituents is 1. The van der Waals surface area contributed by atoms with Crippen molar-refractivity contribution in [3.8, 4) is 0 Å². The molecule has 1 aromatic carbocycles. The van der Waals surface area contributed by atoms with Gasteiger partial charge in [0.2, 0.25) is 0 Å². The van der Waals surface area contributed by atoms with Crippen molar-refractivity contribution in [1.29, 1.82) is 0 Å². The lowest BCUT2D eigenvalue weighted by atomic mass is 10.2. The molecule has 5 heteroatoms. The Kier molecular flexibility index (Phi) is 4.55. The zero-order valence-corrected chi connectivity index (χ0v) is 10.1. The van der Waals surface area contributed by atoms with Gasteiger partial charge in [-0.25, -0.2) is 0 Å². The molecule has 0 amide bonds. The maximum Gasteiger partial charge on any atom is 0.285 e. The Morgan fingerprint density at radius 3 is 2.87 bits per heavy atom. The highest BCUT2D eigenvalue weighted by Gasteiger charge is 2.11. The number of hydrogen-bond donors (Lipinski definition) is 1. The van der Waals surface area contributed by atoms with Gasteiger partial charge in [0.15, 0.2) is 0 Å². The second kappa shape index (κ2) is 5.70. The Hall–Kier alpha value is -1.10. The van der Waals surface area contributed by atoms with Crippen LogP contribution >= 0.6 is 15.9 Å². The molecule has 0 radical (unpaired) electrons. The molecule has 1 N–H and O–H groups in total. The third kappa shape index (κ3) is 3.51. The van der Waals surface area contributed by atoms with E-state index >= 15 is 0 Å². The number of anilines is 1. The van der Waals surface area contributed by atoms with Crippen molar-refractivity contribution in [3.05, 3.63) is 32.8 Å². The van der Waals surface area contributed by atoms with Gasteiger partial charge in [-0.05, 0) is 34.5 Å². The van der Waals surface area contributed by atoms with Crippen LogP contribution in [0.3, 0.4) is 0 Å². The monoisotopic (exact) mass is 272 g/mol. The summed E-state index contributed by atoms with van der Waals surface area (Å²) in [6.45, 7) is 2.95. The molecule has 0 spiro atoms. The summed E-state index contributed by atoms with van der Waals surface area (Å²) in [5, 5.41) is 13.8. The van der Waals surface area contributed by atoms with Crippen LogP contribution in [0.5, 0.6) is 0 Å². The van der Waals surface area contributed by atoms with Crippen molar-refractivity contribution >= 4 is 27.3 Å². The van der Waals surface area contributed by atoms with Crippen molar-refractivity contribution in [2.24, 2.45) is 0 Å². The normalized spacial score (nSPS) is 10.0. The van der Waals surface area contributed by atoms with Crippen molar-refractivity contribution < 1.29 is 4.92 Å². The molecule has 0 saturated carbocycles. The topological polar surface area (TPSA) is 55.2 Å². The fourth-order valence-corrected chi connectivity index (χ4v) is 1.56. The van der Waals surface area contributed by atoms with Crippen LogP contribution < -0.4 is 5.32 Å². The van der Waals surface area contributed by atoms with Crippen LogP contribution in [0.2, 0.25) is 0 Å². The molecule has 4 nitrogen and oxygen atoms in total. The molecule has 0 atom stereocenters. The van der Waals surface area contributed by atoms with E-state index in [0.29, 0.717) is 4.47 Å². The summed E-state index contributed by atoms with van der Waals surface area (Å²) in [4.78, 5) is 10.3. The molecule has 0 fully saturated rings.